The molecule has 3 aromatic rings. The molecule has 0 aliphatic rings. The second kappa shape index (κ2) is 8.78. The van der Waals surface area contributed by atoms with Crippen molar-refractivity contribution in [3.8, 4) is 11.5 Å². The number of rotatable bonds is 6. The first-order valence-corrected chi connectivity index (χ1v) is 9.61. The predicted octanol–water partition coefficient (Wildman–Crippen LogP) is 5.34. The Morgan fingerprint density at radius 1 is 1.18 bits per heavy atom. The van der Waals surface area contributed by atoms with Crippen molar-refractivity contribution in [3.05, 3.63) is 61.6 Å². The maximum absolute atomic E-state index is 12.1. The van der Waals surface area contributed by atoms with Crippen molar-refractivity contribution in [1.29, 1.82) is 0 Å². The number of nitrogens with zero attached hydrogens (tertiary/aromatic N) is 3. The zero-order valence-electron chi connectivity index (χ0n) is 13.7. The first kappa shape index (κ1) is 20.4. The third-order valence-electron chi connectivity index (χ3n) is 3.34. The molecule has 0 atom stereocenters. The van der Waals surface area contributed by atoms with Gasteiger partial charge in [0, 0.05) is 11.1 Å². The van der Waals surface area contributed by atoms with E-state index in [1.165, 1.54) is 30.3 Å². The molecule has 0 saturated heterocycles. The minimum Gasteiger partial charge on any atom is -0.411 e. The van der Waals surface area contributed by atoms with Crippen LogP contribution in [0.1, 0.15) is 0 Å². The van der Waals surface area contributed by atoms with Gasteiger partial charge in [-0.05, 0) is 18.2 Å². The highest BCUT2D eigenvalue weighted by molar-refractivity contribution is 7.99. The third-order valence-corrected chi connectivity index (χ3v) is 4.97. The van der Waals surface area contributed by atoms with Gasteiger partial charge in [0.2, 0.25) is 5.91 Å². The number of benzene rings is 2. The Kier molecular flexibility index (Phi) is 6.40. The van der Waals surface area contributed by atoms with Crippen molar-refractivity contribution in [2.75, 3.05) is 11.1 Å². The van der Waals surface area contributed by atoms with E-state index < -0.39 is 10.8 Å². The summed E-state index contributed by atoms with van der Waals surface area (Å²) < 4.78 is 5.41. The molecule has 144 valence electrons. The summed E-state index contributed by atoms with van der Waals surface area (Å²) in [6.07, 6.45) is 0. The lowest BCUT2D eigenvalue weighted by atomic mass is 10.2. The number of carbonyl (C=O) groups excluding carboxylic acids is 1. The lowest BCUT2D eigenvalue weighted by Crippen LogP contribution is -2.14. The van der Waals surface area contributed by atoms with E-state index in [1.807, 2.05) is 0 Å². The van der Waals surface area contributed by atoms with E-state index in [0.717, 1.165) is 11.8 Å². The number of carbonyl (C=O) groups is 1. The molecular weight excluding hydrogens is 451 g/mol. The van der Waals surface area contributed by atoms with Crippen LogP contribution in [0.5, 0.6) is 0 Å². The molecule has 0 unspecified atom stereocenters. The number of anilines is 1. The zero-order valence-corrected chi connectivity index (χ0v) is 16.8. The van der Waals surface area contributed by atoms with Crippen LogP contribution in [0.15, 0.2) is 46.0 Å². The second-order valence-corrected chi connectivity index (χ2v) is 7.41. The molecule has 1 heterocycles. The molecule has 0 aliphatic heterocycles. The molecule has 12 heteroatoms. The number of aromatic nitrogens is 2. The molecule has 0 radical (unpaired) electrons. The Balaban J connectivity index is 1.67. The Morgan fingerprint density at radius 3 is 2.54 bits per heavy atom. The Labute approximate surface area is 177 Å². The van der Waals surface area contributed by atoms with Crippen LogP contribution >= 0.6 is 46.6 Å². The van der Waals surface area contributed by atoms with E-state index in [-0.39, 0.29) is 43.8 Å². The van der Waals surface area contributed by atoms with Gasteiger partial charge in [0.1, 0.15) is 5.56 Å². The van der Waals surface area contributed by atoms with E-state index in [9.17, 15) is 14.9 Å². The zero-order chi connectivity index (χ0) is 20.3. The lowest BCUT2D eigenvalue weighted by Gasteiger charge is -2.09. The number of thioether (sulfide) groups is 1. The van der Waals surface area contributed by atoms with E-state index in [4.69, 9.17) is 39.2 Å². The standard InChI is InChI=1S/C16H9Cl3N4O4S/c17-8-5-10(18)14(11(19)6-8)20-13(24)7-28-16-22-21-15(27-16)9-3-1-2-4-12(9)23(25)26/h1-6H,7H2,(H,20,24). The van der Waals surface area contributed by atoms with Gasteiger partial charge < -0.3 is 9.73 Å². The van der Waals surface area contributed by atoms with Crippen LogP contribution in [-0.2, 0) is 4.79 Å². The molecule has 1 amide bonds. The van der Waals surface area contributed by atoms with Crippen LogP contribution < -0.4 is 5.32 Å². The SMILES string of the molecule is O=C(CSc1nnc(-c2ccccc2[N+](=O)[O-])o1)Nc1c(Cl)cc(Cl)cc1Cl. The summed E-state index contributed by atoms with van der Waals surface area (Å²) in [5.41, 5.74) is 0.271. The summed E-state index contributed by atoms with van der Waals surface area (Å²) in [7, 11) is 0. The van der Waals surface area contributed by atoms with E-state index in [0.29, 0.717) is 5.02 Å². The van der Waals surface area contributed by atoms with E-state index >= 15 is 0 Å². The number of nitro benzene ring substituents is 1. The van der Waals surface area contributed by atoms with Gasteiger partial charge in [-0.25, -0.2) is 0 Å². The maximum atomic E-state index is 12.1. The summed E-state index contributed by atoms with van der Waals surface area (Å²) >= 11 is 18.8. The van der Waals surface area contributed by atoms with Gasteiger partial charge in [0.25, 0.3) is 16.8 Å². The average molecular weight is 460 g/mol. The number of nitrogens with one attached hydrogen (secondary N) is 1. The van der Waals surface area contributed by atoms with Gasteiger partial charge in [-0.2, -0.15) is 0 Å². The Hall–Kier alpha value is -2.33. The van der Waals surface area contributed by atoms with Gasteiger partial charge in [0.05, 0.1) is 26.4 Å². The largest absolute Gasteiger partial charge is 0.411 e. The smallest absolute Gasteiger partial charge is 0.282 e. The Bertz CT molecular complexity index is 1040. The molecule has 0 bridgehead atoms. The molecule has 0 aliphatic carbocycles. The fourth-order valence-corrected chi connectivity index (χ4v) is 3.63. The molecule has 8 nitrogen and oxygen atoms in total. The normalized spacial score (nSPS) is 10.7. The van der Waals surface area contributed by atoms with Crippen LogP contribution in [0.25, 0.3) is 11.5 Å². The number of para-hydroxylation sites is 1. The summed E-state index contributed by atoms with van der Waals surface area (Å²) in [6.45, 7) is 0. The molecule has 28 heavy (non-hydrogen) atoms. The van der Waals surface area contributed by atoms with Crippen molar-refractivity contribution in [2.24, 2.45) is 0 Å². The van der Waals surface area contributed by atoms with E-state index in [2.05, 4.69) is 15.5 Å². The highest BCUT2D eigenvalue weighted by Crippen LogP contribution is 2.34. The van der Waals surface area contributed by atoms with Gasteiger partial charge in [-0.3, -0.25) is 14.9 Å². The van der Waals surface area contributed by atoms with Crippen LogP contribution in [0.4, 0.5) is 11.4 Å². The van der Waals surface area contributed by atoms with Gasteiger partial charge in [0.15, 0.2) is 0 Å². The van der Waals surface area contributed by atoms with Crippen LogP contribution in [0, 0.1) is 10.1 Å². The average Bonchev–Trinajstić information content (AvgIpc) is 3.12. The number of hydrogen-bond acceptors (Lipinski definition) is 7. The molecule has 1 N–H and O–H groups in total. The molecule has 0 saturated carbocycles. The topological polar surface area (TPSA) is 111 Å². The molecule has 3 rings (SSSR count). The third kappa shape index (κ3) is 4.74. The fourth-order valence-electron chi connectivity index (χ4n) is 2.16. The summed E-state index contributed by atoms with van der Waals surface area (Å²) in [5, 5.41) is 22.1. The minimum absolute atomic E-state index is 0.0148. The predicted molar refractivity (Wildman–Crippen MR) is 107 cm³/mol. The number of nitro groups is 1. The number of hydrogen-bond donors (Lipinski definition) is 1. The highest BCUT2D eigenvalue weighted by Gasteiger charge is 2.20. The first-order chi connectivity index (χ1) is 13.3. The fraction of sp³-hybridized carbons (Fsp3) is 0.0625. The summed E-state index contributed by atoms with van der Waals surface area (Å²) in [5.74, 6) is -0.506. The first-order valence-electron chi connectivity index (χ1n) is 7.49. The van der Waals surface area contributed by atoms with Crippen molar-refractivity contribution >= 4 is 63.8 Å². The highest BCUT2D eigenvalue weighted by atomic mass is 35.5. The second-order valence-electron chi connectivity index (χ2n) is 5.23. The lowest BCUT2D eigenvalue weighted by molar-refractivity contribution is -0.384. The van der Waals surface area contributed by atoms with Crippen LogP contribution in [0.3, 0.4) is 0 Å². The molecule has 0 spiro atoms. The number of amides is 1. The van der Waals surface area contributed by atoms with Crippen molar-refractivity contribution in [1.82, 2.24) is 10.2 Å². The van der Waals surface area contributed by atoms with E-state index in [1.54, 1.807) is 6.07 Å². The van der Waals surface area contributed by atoms with Crippen molar-refractivity contribution < 1.29 is 14.1 Å². The maximum Gasteiger partial charge on any atom is 0.282 e. The molecule has 2 aromatic carbocycles. The molecule has 0 fully saturated rings. The van der Waals surface area contributed by atoms with Gasteiger partial charge in [-0.1, -0.05) is 58.7 Å². The monoisotopic (exact) mass is 458 g/mol. The van der Waals surface area contributed by atoms with Crippen molar-refractivity contribution in [3.63, 3.8) is 0 Å². The summed E-state index contributed by atoms with van der Waals surface area (Å²) in [4.78, 5) is 22.7. The van der Waals surface area contributed by atoms with Crippen LogP contribution in [-0.4, -0.2) is 26.8 Å². The van der Waals surface area contributed by atoms with Crippen LogP contribution in [0.2, 0.25) is 15.1 Å². The number of halogens is 3. The van der Waals surface area contributed by atoms with Gasteiger partial charge >= 0.3 is 0 Å². The Morgan fingerprint density at radius 2 is 1.86 bits per heavy atom. The van der Waals surface area contributed by atoms with Gasteiger partial charge in [-0.15, -0.1) is 10.2 Å². The summed E-state index contributed by atoms with van der Waals surface area (Å²) in [6, 6.07) is 8.89. The molecular formula is C16H9Cl3N4O4S. The quantitative estimate of drug-likeness (QED) is 0.301. The van der Waals surface area contributed by atoms with Crippen molar-refractivity contribution in [2.45, 2.75) is 5.22 Å². The minimum atomic E-state index is -0.542. The molecule has 1 aromatic heterocycles.